The standard InChI is InChI=1S/C19H22N4O2/c1-3-17-21-19(22-25-17)16-9-6-10-23(16)18(24)11-14-12(2)20-15-8-5-4-7-13(14)15/h4-5,7-8,16,20H,3,6,9-11H2,1-2H3/t16-/m0/s1. The van der Waals surface area contributed by atoms with E-state index in [0.29, 0.717) is 24.6 Å². The molecule has 1 aliphatic rings. The normalized spacial score (nSPS) is 17.5. The zero-order valence-electron chi connectivity index (χ0n) is 14.6. The van der Waals surface area contributed by atoms with Crippen molar-refractivity contribution in [3.63, 3.8) is 0 Å². The number of nitrogens with zero attached hydrogens (tertiary/aromatic N) is 3. The van der Waals surface area contributed by atoms with Gasteiger partial charge in [0.25, 0.3) is 0 Å². The van der Waals surface area contributed by atoms with Gasteiger partial charge in [0.05, 0.1) is 12.5 Å². The van der Waals surface area contributed by atoms with Crippen LogP contribution in [0, 0.1) is 6.92 Å². The molecule has 0 saturated carbocycles. The quantitative estimate of drug-likeness (QED) is 0.792. The Labute approximate surface area is 146 Å². The number of para-hydroxylation sites is 1. The van der Waals surface area contributed by atoms with Gasteiger partial charge in [-0.1, -0.05) is 30.3 Å². The molecule has 6 nitrogen and oxygen atoms in total. The number of hydrogen-bond acceptors (Lipinski definition) is 4. The summed E-state index contributed by atoms with van der Waals surface area (Å²) in [5.41, 5.74) is 3.21. The lowest BCUT2D eigenvalue weighted by Crippen LogP contribution is -2.32. The first-order valence-corrected chi connectivity index (χ1v) is 8.85. The highest BCUT2D eigenvalue weighted by Gasteiger charge is 2.33. The molecule has 1 aromatic carbocycles. The summed E-state index contributed by atoms with van der Waals surface area (Å²) in [4.78, 5) is 22.7. The molecule has 1 atom stereocenters. The fourth-order valence-corrected chi connectivity index (χ4v) is 3.70. The van der Waals surface area contributed by atoms with Crippen molar-refractivity contribution in [3.05, 3.63) is 47.2 Å². The molecule has 1 fully saturated rings. The van der Waals surface area contributed by atoms with E-state index in [-0.39, 0.29) is 11.9 Å². The van der Waals surface area contributed by atoms with Crippen molar-refractivity contribution in [3.8, 4) is 0 Å². The smallest absolute Gasteiger partial charge is 0.227 e. The van der Waals surface area contributed by atoms with E-state index < -0.39 is 0 Å². The van der Waals surface area contributed by atoms with Gasteiger partial charge in [-0.3, -0.25) is 4.79 Å². The molecule has 0 unspecified atom stereocenters. The predicted molar refractivity (Wildman–Crippen MR) is 94.1 cm³/mol. The molecule has 3 aromatic rings. The van der Waals surface area contributed by atoms with Gasteiger partial charge in [-0.25, -0.2) is 0 Å². The highest BCUT2D eigenvalue weighted by molar-refractivity contribution is 5.90. The van der Waals surface area contributed by atoms with Crippen LogP contribution in [0.4, 0.5) is 0 Å². The van der Waals surface area contributed by atoms with Gasteiger partial charge in [-0.15, -0.1) is 0 Å². The molecular formula is C19H22N4O2. The van der Waals surface area contributed by atoms with E-state index in [9.17, 15) is 4.79 Å². The van der Waals surface area contributed by atoms with Crippen molar-refractivity contribution in [2.45, 2.75) is 45.6 Å². The van der Waals surface area contributed by atoms with Gasteiger partial charge in [0.1, 0.15) is 0 Å². The lowest BCUT2D eigenvalue weighted by atomic mass is 10.1. The molecule has 1 amide bonds. The lowest BCUT2D eigenvalue weighted by Gasteiger charge is -2.22. The molecular weight excluding hydrogens is 316 g/mol. The van der Waals surface area contributed by atoms with Crippen LogP contribution in [0.5, 0.6) is 0 Å². The number of benzene rings is 1. The predicted octanol–water partition coefficient (Wildman–Crippen LogP) is 3.33. The van der Waals surface area contributed by atoms with E-state index in [4.69, 9.17) is 4.52 Å². The summed E-state index contributed by atoms with van der Waals surface area (Å²) in [5, 5.41) is 5.20. The zero-order valence-corrected chi connectivity index (χ0v) is 14.6. The molecule has 2 aromatic heterocycles. The van der Waals surface area contributed by atoms with Crippen molar-refractivity contribution in [1.29, 1.82) is 0 Å². The van der Waals surface area contributed by atoms with Gasteiger partial charge >= 0.3 is 0 Å². The number of aromatic amines is 1. The largest absolute Gasteiger partial charge is 0.358 e. The molecule has 0 radical (unpaired) electrons. The van der Waals surface area contributed by atoms with Crippen molar-refractivity contribution in [1.82, 2.24) is 20.0 Å². The third-order valence-corrected chi connectivity index (χ3v) is 5.01. The number of amides is 1. The van der Waals surface area contributed by atoms with Crippen LogP contribution in [0.3, 0.4) is 0 Å². The van der Waals surface area contributed by atoms with E-state index in [1.54, 1.807) is 0 Å². The molecule has 0 spiro atoms. The maximum Gasteiger partial charge on any atom is 0.227 e. The fourth-order valence-electron chi connectivity index (χ4n) is 3.70. The van der Waals surface area contributed by atoms with E-state index in [1.165, 1.54) is 0 Å². The van der Waals surface area contributed by atoms with Gasteiger partial charge < -0.3 is 14.4 Å². The number of carbonyl (C=O) groups excluding carboxylic acids is 1. The topological polar surface area (TPSA) is 75.0 Å². The second kappa shape index (κ2) is 6.35. The summed E-state index contributed by atoms with van der Waals surface area (Å²) in [6, 6.07) is 8.05. The summed E-state index contributed by atoms with van der Waals surface area (Å²) >= 11 is 0. The van der Waals surface area contributed by atoms with E-state index in [0.717, 1.165) is 41.5 Å². The molecule has 1 aliphatic heterocycles. The average Bonchev–Trinajstić information content (AvgIpc) is 3.33. The van der Waals surface area contributed by atoms with Gasteiger partial charge in [-0.05, 0) is 31.4 Å². The van der Waals surface area contributed by atoms with Crippen molar-refractivity contribution in [2.24, 2.45) is 0 Å². The Morgan fingerprint density at radius 2 is 2.24 bits per heavy atom. The molecule has 0 aliphatic carbocycles. The van der Waals surface area contributed by atoms with Crippen LogP contribution in [0.2, 0.25) is 0 Å². The number of rotatable bonds is 4. The molecule has 4 rings (SSSR count). The first-order chi connectivity index (χ1) is 12.2. The number of aromatic nitrogens is 3. The number of fused-ring (bicyclic) bond motifs is 1. The fraction of sp³-hybridized carbons (Fsp3) is 0.421. The number of likely N-dealkylation sites (tertiary alicyclic amines) is 1. The van der Waals surface area contributed by atoms with Crippen LogP contribution in [0.25, 0.3) is 10.9 Å². The zero-order chi connectivity index (χ0) is 17.4. The summed E-state index contributed by atoms with van der Waals surface area (Å²) in [7, 11) is 0. The molecule has 0 bridgehead atoms. The monoisotopic (exact) mass is 338 g/mol. The van der Waals surface area contributed by atoms with Gasteiger partial charge in [0, 0.05) is 29.6 Å². The summed E-state index contributed by atoms with van der Waals surface area (Å²) < 4.78 is 5.23. The van der Waals surface area contributed by atoms with E-state index >= 15 is 0 Å². The Bertz CT molecular complexity index is 911. The Hall–Kier alpha value is -2.63. The Morgan fingerprint density at radius 3 is 3.04 bits per heavy atom. The highest BCUT2D eigenvalue weighted by atomic mass is 16.5. The maximum atomic E-state index is 13.0. The van der Waals surface area contributed by atoms with Crippen LogP contribution < -0.4 is 0 Å². The number of H-pyrrole nitrogens is 1. The molecule has 1 saturated heterocycles. The number of nitrogens with one attached hydrogen (secondary N) is 1. The third-order valence-electron chi connectivity index (χ3n) is 5.01. The molecule has 1 N–H and O–H groups in total. The number of hydrogen-bond donors (Lipinski definition) is 1. The van der Waals surface area contributed by atoms with Gasteiger partial charge in [0.15, 0.2) is 5.82 Å². The van der Waals surface area contributed by atoms with Gasteiger partial charge in [-0.2, -0.15) is 4.98 Å². The van der Waals surface area contributed by atoms with Crippen LogP contribution in [0.15, 0.2) is 28.8 Å². The van der Waals surface area contributed by atoms with Crippen LogP contribution in [0.1, 0.15) is 48.8 Å². The Morgan fingerprint density at radius 1 is 1.40 bits per heavy atom. The number of carbonyl (C=O) groups is 1. The van der Waals surface area contributed by atoms with Crippen molar-refractivity contribution >= 4 is 16.8 Å². The van der Waals surface area contributed by atoms with E-state index in [2.05, 4.69) is 21.2 Å². The second-order valence-electron chi connectivity index (χ2n) is 6.60. The van der Waals surface area contributed by atoms with Crippen LogP contribution in [-0.2, 0) is 17.6 Å². The molecule has 6 heteroatoms. The SMILES string of the molecule is CCc1nc([C@@H]2CCCN2C(=O)Cc2c(C)[nH]c3ccccc23)no1. The molecule has 25 heavy (non-hydrogen) atoms. The Balaban J connectivity index is 1.58. The minimum Gasteiger partial charge on any atom is -0.358 e. The maximum absolute atomic E-state index is 13.0. The first kappa shape index (κ1) is 15.9. The van der Waals surface area contributed by atoms with Crippen LogP contribution in [-0.4, -0.2) is 32.5 Å². The summed E-state index contributed by atoms with van der Waals surface area (Å²) in [6.07, 6.45) is 2.97. The summed E-state index contributed by atoms with van der Waals surface area (Å²) in [6.45, 7) is 4.76. The highest BCUT2D eigenvalue weighted by Crippen LogP contribution is 2.32. The van der Waals surface area contributed by atoms with E-state index in [1.807, 2.05) is 36.9 Å². The van der Waals surface area contributed by atoms with Crippen LogP contribution >= 0.6 is 0 Å². The first-order valence-electron chi connectivity index (χ1n) is 8.85. The van der Waals surface area contributed by atoms with Gasteiger partial charge in [0.2, 0.25) is 11.8 Å². The molecule has 3 heterocycles. The van der Waals surface area contributed by atoms with Crippen molar-refractivity contribution < 1.29 is 9.32 Å². The Kier molecular flexibility index (Phi) is 4.03. The average molecular weight is 338 g/mol. The summed E-state index contributed by atoms with van der Waals surface area (Å²) in [5.74, 6) is 1.39. The second-order valence-corrected chi connectivity index (χ2v) is 6.60. The minimum atomic E-state index is -0.0675. The third kappa shape index (κ3) is 2.81. The number of aryl methyl sites for hydroxylation is 2. The minimum absolute atomic E-state index is 0.0675. The lowest BCUT2D eigenvalue weighted by molar-refractivity contribution is -0.131. The van der Waals surface area contributed by atoms with Crippen molar-refractivity contribution in [2.75, 3.05) is 6.54 Å². The molecule has 130 valence electrons.